The van der Waals surface area contributed by atoms with Gasteiger partial charge in [-0.15, -0.1) is 6.58 Å². The van der Waals surface area contributed by atoms with Crippen LogP contribution in [-0.2, 0) is 18.9 Å². The highest BCUT2D eigenvalue weighted by Gasteiger charge is 2.44. The SMILES string of the molecule is C=CC1CN2CCC1CC2[C@@H](Nc1c(NCc2cc(C(F)(F)F)cc(C(F)(F)F)c2)c(=O)c1=O)c1ccnc2ccc(OC)cc12. The third-order valence-corrected chi connectivity index (χ3v) is 9.18. The molecule has 0 saturated carbocycles. The zero-order valence-electron chi connectivity index (χ0n) is 24.6. The Morgan fingerprint density at radius 3 is 2.33 bits per heavy atom. The van der Waals surface area contributed by atoms with Gasteiger partial charge in [0.15, 0.2) is 0 Å². The minimum Gasteiger partial charge on any atom is -0.497 e. The molecule has 242 valence electrons. The van der Waals surface area contributed by atoms with Gasteiger partial charge in [0.2, 0.25) is 0 Å². The second kappa shape index (κ2) is 11.8. The minimum absolute atomic E-state index is 0.0382. The molecule has 4 heterocycles. The van der Waals surface area contributed by atoms with Crippen molar-refractivity contribution in [1.29, 1.82) is 0 Å². The number of hydrogen-bond acceptors (Lipinski definition) is 7. The van der Waals surface area contributed by atoms with Crippen molar-refractivity contribution in [2.75, 3.05) is 30.8 Å². The van der Waals surface area contributed by atoms with Crippen LogP contribution in [0.1, 0.15) is 41.1 Å². The first-order valence-corrected chi connectivity index (χ1v) is 14.7. The van der Waals surface area contributed by atoms with Crippen molar-refractivity contribution in [1.82, 2.24) is 9.88 Å². The lowest BCUT2D eigenvalue weighted by atomic mass is 9.73. The molecule has 4 aromatic rings. The first kappa shape index (κ1) is 31.6. The van der Waals surface area contributed by atoms with E-state index in [-0.39, 0.29) is 29.0 Å². The van der Waals surface area contributed by atoms with E-state index in [2.05, 4.69) is 27.1 Å². The first-order valence-electron chi connectivity index (χ1n) is 14.7. The molecule has 2 N–H and O–H groups in total. The van der Waals surface area contributed by atoms with E-state index in [4.69, 9.17) is 4.74 Å². The maximum Gasteiger partial charge on any atom is 0.416 e. The molecule has 3 aliphatic rings. The lowest BCUT2D eigenvalue weighted by Gasteiger charge is -2.52. The van der Waals surface area contributed by atoms with E-state index < -0.39 is 46.9 Å². The van der Waals surface area contributed by atoms with E-state index in [0.29, 0.717) is 35.2 Å². The van der Waals surface area contributed by atoms with Crippen molar-refractivity contribution in [2.24, 2.45) is 11.8 Å². The Morgan fingerprint density at radius 1 is 1.02 bits per heavy atom. The monoisotopic (exact) mass is 644 g/mol. The number of nitrogens with zero attached hydrogens (tertiary/aromatic N) is 2. The molecular formula is C33H30F6N4O3. The summed E-state index contributed by atoms with van der Waals surface area (Å²) in [6, 6.07) is 7.82. The largest absolute Gasteiger partial charge is 0.497 e. The van der Waals surface area contributed by atoms with E-state index in [1.54, 1.807) is 12.3 Å². The van der Waals surface area contributed by atoms with Gasteiger partial charge in [0.05, 0.1) is 29.8 Å². The summed E-state index contributed by atoms with van der Waals surface area (Å²) in [7, 11) is 1.54. The fourth-order valence-corrected chi connectivity index (χ4v) is 6.82. The predicted octanol–water partition coefficient (Wildman–Crippen LogP) is 6.54. The smallest absolute Gasteiger partial charge is 0.416 e. The normalized spacial score (nSPS) is 22.2. The van der Waals surface area contributed by atoms with Gasteiger partial charge in [0.1, 0.15) is 17.1 Å². The number of piperidine rings is 3. The molecule has 7 rings (SSSR count). The summed E-state index contributed by atoms with van der Waals surface area (Å²) in [4.78, 5) is 32.5. The van der Waals surface area contributed by atoms with Gasteiger partial charge in [-0.25, -0.2) is 0 Å². The number of anilines is 2. The fourth-order valence-electron chi connectivity index (χ4n) is 6.82. The Morgan fingerprint density at radius 2 is 1.72 bits per heavy atom. The maximum absolute atomic E-state index is 13.4. The van der Waals surface area contributed by atoms with Crippen LogP contribution < -0.4 is 26.2 Å². The Kier molecular flexibility index (Phi) is 8.07. The average molecular weight is 645 g/mol. The Bertz CT molecular complexity index is 1830. The summed E-state index contributed by atoms with van der Waals surface area (Å²) >= 11 is 0. The maximum atomic E-state index is 13.4. The molecule has 3 aromatic carbocycles. The lowest BCUT2D eigenvalue weighted by molar-refractivity contribution is -0.143. The molecule has 0 amide bonds. The van der Waals surface area contributed by atoms with E-state index in [0.717, 1.165) is 36.9 Å². The third kappa shape index (κ3) is 5.83. The van der Waals surface area contributed by atoms with Crippen molar-refractivity contribution in [3.05, 3.63) is 104 Å². The number of rotatable bonds is 9. The summed E-state index contributed by atoms with van der Waals surface area (Å²) < 4.78 is 85.9. The third-order valence-electron chi connectivity index (χ3n) is 9.18. The van der Waals surface area contributed by atoms with Crippen molar-refractivity contribution < 1.29 is 31.1 Å². The van der Waals surface area contributed by atoms with Crippen LogP contribution in [0.15, 0.2) is 70.9 Å². The van der Waals surface area contributed by atoms with Crippen LogP contribution in [0, 0.1) is 11.8 Å². The van der Waals surface area contributed by atoms with Crippen molar-refractivity contribution in [3.63, 3.8) is 0 Å². The Hall–Kier alpha value is -4.39. The first-order chi connectivity index (χ1) is 21.8. The Labute approximate surface area is 259 Å². The van der Waals surface area contributed by atoms with Crippen LogP contribution in [0.2, 0.25) is 0 Å². The van der Waals surface area contributed by atoms with Gasteiger partial charge >= 0.3 is 12.4 Å². The molecule has 0 radical (unpaired) electrons. The standard InChI is InChI=1S/C33H30F6N4O3/c1-3-18-16-43-9-7-19(18)12-26(43)27(23-6-8-40-25-5-4-22(46-2)14-24(23)25)42-29-28(30(44)31(29)45)41-15-17-10-20(32(34,35)36)13-21(11-17)33(37,38)39/h3-6,8,10-11,13-14,18-19,26-27,41-42H,1,7,9,12,15-16H2,2H3/t18?,19?,26?,27-/m0/s1. The average Bonchev–Trinajstić information content (AvgIpc) is 3.04. The molecular weight excluding hydrogens is 614 g/mol. The van der Waals surface area contributed by atoms with Crippen molar-refractivity contribution >= 4 is 22.3 Å². The van der Waals surface area contributed by atoms with Gasteiger partial charge < -0.3 is 15.4 Å². The van der Waals surface area contributed by atoms with Crippen LogP contribution >= 0.6 is 0 Å². The summed E-state index contributed by atoms with van der Waals surface area (Å²) in [5, 5.41) is 6.68. The fraction of sp³-hybridized carbons (Fsp3) is 0.364. The Balaban J connectivity index is 1.36. The number of aromatic nitrogens is 1. The number of halogens is 6. The van der Waals surface area contributed by atoms with Gasteiger partial charge in [0.25, 0.3) is 10.9 Å². The summed E-state index contributed by atoms with van der Waals surface area (Å²) in [5.41, 5.74) is -3.84. The number of benzene rings is 2. The molecule has 3 aliphatic heterocycles. The second-order valence-electron chi connectivity index (χ2n) is 11.8. The van der Waals surface area contributed by atoms with E-state index in [9.17, 15) is 35.9 Å². The molecule has 3 fully saturated rings. The quantitative estimate of drug-likeness (QED) is 0.122. The summed E-state index contributed by atoms with van der Waals surface area (Å²) in [5.74, 6) is 1.25. The number of nitrogens with one attached hydrogen (secondary N) is 2. The molecule has 1 aromatic heterocycles. The van der Waals surface area contributed by atoms with Crippen LogP contribution in [0.25, 0.3) is 10.9 Å². The summed E-state index contributed by atoms with van der Waals surface area (Å²) in [6.45, 7) is 5.01. The molecule has 0 aliphatic carbocycles. The van der Waals surface area contributed by atoms with Gasteiger partial charge in [-0.05, 0) is 84.8 Å². The van der Waals surface area contributed by atoms with Gasteiger partial charge in [-0.2, -0.15) is 26.3 Å². The molecule has 46 heavy (non-hydrogen) atoms. The zero-order chi connectivity index (χ0) is 33.0. The van der Waals surface area contributed by atoms with Gasteiger partial charge in [0, 0.05) is 30.7 Å². The highest BCUT2D eigenvalue weighted by molar-refractivity contribution is 5.85. The number of alkyl halides is 6. The molecule has 3 saturated heterocycles. The van der Waals surface area contributed by atoms with Gasteiger partial charge in [-0.1, -0.05) is 6.08 Å². The van der Waals surface area contributed by atoms with Crippen molar-refractivity contribution in [2.45, 2.75) is 43.8 Å². The van der Waals surface area contributed by atoms with Crippen molar-refractivity contribution in [3.8, 4) is 5.75 Å². The number of hydrogen-bond donors (Lipinski definition) is 2. The van der Waals surface area contributed by atoms with E-state index in [1.165, 1.54) is 7.11 Å². The molecule has 7 nitrogen and oxygen atoms in total. The van der Waals surface area contributed by atoms with E-state index in [1.807, 2.05) is 24.3 Å². The molecule has 2 bridgehead atoms. The molecule has 5 atom stereocenters. The number of ether oxygens (including phenoxy) is 1. The topological polar surface area (TPSA) is 83.6 Å². The van der Waals surface area contributed by atoms with Crippen LogP contribution in [0.4, 0.5) is 37.7 Å². The molecule has 0 spiro atoms. The van der Waals surface area contributed by atoms with Crippen LogP contribution in [0.3, 0.4) is 0 Å². The lowest BCUT2D eigenvalue weighted by Crippen LogP contribution is -2.56. The van der Waals surface area contributed by atoms with Crippen LogP contribution in [0.5, 0.6) is 5.75 Å². The van der Waals surface area contributed by atoms with Gasteiger partial charge in [-0.3, -0.25) is 19.5 Å². The van der Waals surface area contributed by atoms with E-state index >= 15 is 0 Å². The highest BCUT2D eigenvalue weighted by atomic mass is 19.4. The molecule has 13 heteroatoms. The number of pyridine rings is 1. The minimum atomic E-state index is -5.02. The zero-order valence-corrected chi connectivity index (χ0v) is 24.6. The second-order valence-corrected chi connectivity index (χ2v) is 11.8. The predicted molar refractivity (Wildman–Crippen MR) is 162 cm³/mol. The number of methoxy groups -OCH3 is 1. The molecule has 4 unspecified atom stereocenters. The summed E-state index contributed by atoms with van der Waals surface area (Å²) in [6.07, 6.45) is -4.69. The highest BCUT2D eigenvalue weighted by Crippen LogP contribution is 2.44. The number of fused-ring (bicyclic) bond motifs is 4. The van der Waals surface area contributed by atoms with Crippen LogP contribution in [-0.4, -0.2) is 36.1 Å².